The molecule has 358 valence electrons. The highest BCUT2D eigenvalue weighted by molar-refractivity contribution is 6.06. The van der Waals surface area contributed by atoms with Crippen molar-refractivity contribution >= 4 is 46.4 Å². The van der Waals surface area contributed by atoms with Crippen LogP contribution in [0.4, 0.5) is 22.7 Å². The Morgan fingerprint density at radius 2 is 0.403 bits per heavy atom. The number of carbonyl (C=O) groups is 4. The monoisotopic (exact) mass is 867 g/mol. The number of unbranched alkanes of at least 4 members (excludes halogenated alkanes) is 32. The van der Waals surface area contributed by atoms with E-state index in [4.69, 9.17) is 0 Å². The molecule has 0 bridgehead atoms. The molecule has 0 aliphatic rings. The van der Waals surface area contributed by atoms with Gasteiger partial charge in [0.2, 0.25) is 23.6 Å². The van der Waals surface area contributed by atoms with Crippen LogP contribution in [-0.2, 0) is 19.2 Å². The minimum Gasteiger partial charge on any atom is -0.324 e. The molecule has 1 aromatic carbocycles. The van der Waals surface area contributed by atoms with Crippen LogP contribution in [0.2, 0.25) is 0 Å². The molecule has 0 fully saturated rings. The van der Waals surface area contributed by atoms with Gasteiger partial charge in [0.05, 0.1) is 22.7 Å². The molecule has 4 amide bonds. The normalized spacial score (nSPS) is 11.2. The summed E-state index contributed by atoms with van der Waals surface area (Å²) in [6.45, 7) is 8.96. The lowest BCUT2D eigenvalue weighted by Crippen LogP contribution is -2.20. The summed E-state index contributed by atoms with van der Waals surface area (Å²) < 4.78 is 0. The van der Waals surface area contributed by atoms with Crippen molar-refractivity contribution in [2.45, 2.75) is 285 Å². The number of benzene rings is 1. The first-order chi connectivity index (χ1) is 30.3. The Labute approximate surface area is 382 Å². The molecular formula is C54H98N4O4. The van der Waals surface area contributed by atoms with E-state index in [1.165, 1.54) is 154 Å². The summed E-state index contributed by atoms with van der Waals surface area (Å²) in [5, 5.41) is 12.3. The summed E-state index contributed by atoms with van der Waals surface area (Å²) in [5.74, 6) is -0.457. The van der Waals surface area contributed by atoms with Gasteiger partial charge in [0.15, 0.2) is 0 Å². The fourth-order valence-electron chi connectivity index (χ4n) is 8.25. The maximum atomic E-state index is 13.4. The van der Waals surface area contributed by atoms with Crippen molar-refractivity contribution < 1.29 is 19.2 Å². The minimum absolute atomic E-state index is 0.114. The average molecular weight is 867 g/mol. The SMILES string of the molecule is CCCCCCCCCCCC(=O)Nc1cc(NC(=O)CCCCCCCCCCC)c(NC(=O)CCCCCCCCCCC)cc1NC(=O)CCCCCCCCCCC. The molecule has 0 spiro atoms. The van der Waals surface area contributed by atoms with Crippen LogP contribution < -0.4 is 21.3 Å². The van der Waals surface area contributed by atoms with Gasteiger partial charge in [-0.05, 0) is 37.8 Å². The van der Waals surface area contributed by atoms with E-state index in [0.29, 0.717) is 48.4 Å². The van der Waals surface area contributed by atoms with E-state index < -0.39 is 0 Å². The van der Waals surface area contributed by atoms with Crippen molar-refractivity contribution in [1.82, 2.24) is 0 Å². The summed E-state index contributed by atoms with van der Waals surface area (Å²) in [6, 6.07) is 3.45. The first kappa shape index (κ1) is 57.1. The van der Waals surface area contributed by atoms with Crippen LogP contribution in [-0.4, -0.2) is 23.6 Å². The second-order valence-corrected chi connectivity index (χ2v) is 18.4. The third-order valence-electron chi connectivity index (χ3n) is 12.3. The van der Waals surface area contributed by atoms with Crippen molar-refractivity contribution in [3.05, 3.63) is 12.1 Å². The summed E-state index contributed by atoms with van der Waals surface area (Å²) in [7, 11) is 0. The number of nitrogens with one attached hydrogen (secondary N) is 4. The predicted octanol–water partition coefficient (Wildman–Crippen LogP) is 17.1. The zero-order valence-corrected chi connectivity index (χ0v) is 41.1. The van der Waals surface area contributed by atoms with Crippen LogP contribution in [0.3, 0.4) is 0 Å². The summed E-state index contributed by atoms with van der Waals surface area (Å²) in [5.41, 5.74) is 1.78. The minimum atomic E-state index is -0.114. The van der Waals surface area contributed by atoms with E-state index in [2.05, 4.69) is 49.0 Å². The second-order valence-electron chi connectivity index (χ2n) is 18.4. The highest BCUT2D eigenvalue weighted by Crippen LogP contribution is 2.35. The summed E-state index contributed by atoms with van der Waals surface area (Å²) >= 11 is 0. The molecule has 0 unspecified atom stereocenters. The van der Waals surface area contributed by atoms with Gasteiger partial charge in [-0.25, -0.2) is 0 Å². The average Bonchev–Trinajstić information content (AvgIpc) is 3.25. The van der Waals surface area contributed by atoms with Crippen LogP contribution >= 0.6 is 0 Å². The molecule has 0 aliphatic heterocycles. The van der Waals surface area contributed by atoms with Crippen LogP contribution in [0.25, 0.3) is 0 Å². The third-order valence-corrected chi connectivity index (χ3v) is 12.3. The van der Waals surface area contributed by atoms with Crippen LogP contribution in [0, 0.1) is 0 Å². The molecule has 1 rings (SSSR count). The molecule has 4 N–H and O–H groups in total. The van der Waals surface area contributed by atoms with Crippen molar-refractivity contribution in [1.29, 1.82) is 0 Å². The number of hydrogen-bond donors (Lipinski definition) is 4. The molecule has 0 heterocycles. The van der Waals surface area contributed by atoms with Crippen molar-refractivity contribution in [3.63, 3.8) is 0 Å². The van der Waals surface area contributed by atoms with E-state index in [-0.39, 0.29) is 23.6 Å². The predicted molar refractivity (Wildman–Crippen MR) is 268 cm³/mol. The smallest absolute Gasteiger partial charge is 0.224 e. The van der Waals surface area contributed by atoms with E-state index in [0.717, 1.165) is 77.0 Å². The first-order valence-corrected chi connectivity index (χ1v) is 26.7. The zero-order valence-electron chi connectivity index (χ0n) is 41.1. The molecule has 0 aliphatic carbocycles. The Morgan fingerprint density at radius 1 is 0.258 bits per heavy atom. The number of amides is 4. The molecule has 62 heavy (non-hydrogen) atoms. The van der Waals surface area contributed by atoms with Gasteiger partial charge >= 0.3 is 0 Å². The Kier molecular flexibility index (Phi) is 38.8. The van der Waals surface area contributed by atoms with Crippen molar-refractivity contribution in [3.8, 4) is 0 Å². The molecule has 0 aromatic heterocycles. The highest BCUT2D eigenvalue weighted by Gasteiger charge is 2.18. The van der Waals surface area contributed by atoms with Crippen LogP contribution in [0.15, 0.2) is 12.1 Å². The van der Waals surface area contributed by atoms with Crippen LogP contribution in [0.5, 0.6) is 0 Å². The molecule has 0 atom stereocenters. The molecule has 0 saturated heterocycles. The van der Waals surface area contributed by atoms with E-state index in [9.17, 15) is 19.2 Å². The summed E-state index contributed by atoms with van der Waals surface area (Å²) in [4.78, 5) is 53.6. The van der Waals surface area contributed by atoms with Gasteiger partial charge in [-0.15, -0.1) is 0 Å². The Hall–Kier alpha value is -2.90. The van der Waals surface area contributed by atoms with E-state index in [1.54, 1.807) is 12.1 Å². The number of hydrogen-bond acceptors (Lipinski definition) is 4. The molecule has 0 saturated carbocycles. The lowest BCUT2D eigenvalue weighted by molar-refractivity contribution is -0.117. The topological polar surface area (TPSA) is 116 Å². The quantitative estimate of drug-likeness (QED) is 0.0489. The fourth-order valence-corrected chi connectivity index (χ4v) is 8.25. The van der Waals surface area contributed by atoms with Gasteiger partial charge in [0.1, 0.15) is 0 Å². The lowest BCUT2D eigenvalue weighted by Gasteiger charge is -2.19. The summed E-state index contributed by atoms with van der Waals surface area (Å²) in [6.07, 6.45) is 43.7. The Bertz CT molecular complexity index is 1080. The molecule has 1 aromatic rings. The number of anilines is 4. The lowest BCUT2D eigenvalue weighted by atomic mass is 10.1. The molecule has 8 heteroatoms. The highest BCUT2D eigenvalue weighted by atomic mass is 16.2. The zero-order chi connectivity index (χ0) is 45.1. The Morgan fingerprint density at radius 3 is 0.565 bits per heavy atom. The standard InChI is InChI=1S/C54H98N4O4/c1-5-9-13-17-21-25-29-33-37-41-51(59)55-47-45-49(57-53(61)43-39-35-31-27-23-19-15-11-7-3)50(58-54(62)44-40-36-32-28-24-20-16-12-8-4)46-48(47)56-52(60)42-38-34-30-26-22-18-14-10-6-2/h45-46H,5-44H2,1-4H3,(H,55,59)(H,56,60)(H,57,61)(H,58,62). The fraction of sp³-hybridized carbons (Fsp3) is 0.815. The van der Waals surface area contributed by atoms with Crippen molar-refractivity contribution in [2.24, 2.45) is 0 Å². The van der Waals surface area contributed by atoms with Gasteiger partial charge in [-0.3, -0.25) is 19.2 Å². The maximum Gasteiger partial charge on any atom is 0.224 e. The Balaban J connectivity index is 3.07. The molecule has 8 nitrogen and oxygen atoms in total. The second kappa shape index (κ2) is 42.1. The number of carbonyl (C=O) groups excluding carboxylic acids is 4. The largest absolute Gasteiger partial charge is 0.324 e. The maximum absolute atomic E-state index is 13.4. The van der Waals surface area contributed by atoms with Crippen molar-refractivity contribution in [2.75, 3.05) is 21.3 Å². The van der Waals surface area contributed by atoms with Gasteiger partial charge in [0.25, 0.3) is 0 Å². The number of rotatable bonds is 44. The van der Waals surface area contributed by atoms with Gasteiger partial charge in [0, 0.05) is 25.7 Å². The van der Waals surface area contributed by atoms with Gasteiger partial charge in [-0.1, -0.05) is 233 Å². The van der Waals surface area contributed by atoms with Gasteiger partial charge in [-0.2, -0.15) is 0 Å². The van der Waals surface area contributed by atoms with E-state index in [1.807, 2.05) is 0 Å². The molecular weight excluding hydrogens is 769 g/mol. The molecule has 0 radical (unpaired) electrons. The third kappa shape index (κ3) is 33.6. The van der Waals surface area contributed by atoms with E-state index >= 15 is 0 Å². The van der Waals surface area contributed by atoms with Crippen LogP contribution in [0.1, 0.15) is 285 Å². The first-order valence-electron chi connectivity index (χ1n) is 26.7. The van der Waals surface area contributed by atoms with Gasteiger partial charge < -0.3 is 21.3 Å².